The van der Waals surface area contributed by atoms with E-state index in [4.69, 9.17) is 9.47 Å². The molecule has 0 bridgehead atoms. The van der Waals surface area contributed by atoms with Crippen LogP contribution in [0.15, 0.2) is 17.4 Å². The van der Waals surface area contributed by atoms with Gasteiger partial charge in [0.05, 0.1) is 36.8 Å². The zero-order valence-electron chi connectivity index (χ0n) is 19.0. The molecular formula is C22H35N3O5S. The van der Waals surface area contributed by atoms with E-state index < -0.39 is 15.4 Å². The van der Waals surface area contributed by atoms with Crippen molar-refractivity contribution in [2.75, 3.05) is 26.1 Å². The Labute approximate surface area is 185 Å². The number of hydrogen-bond donors (Lipinski definition) is 0. The van der Waals surface area contributed by atoms with E-state index in [0.717, 1.165) is 63.6 Å². The van der Waals surface area contributed by atoms with Crippen molar-refractivity contribution in [3.63, 3.8) is 0 Å². The second kappa shape index (κ2) is 9.92. The van der Waals surface area contributed by atoms with Crippen molar-refractivity contribution in [1.29, 1.82) is 0 Å². The van der Waals surface area contributed by atoms with E-state index in [0.29, 0.717) is 12.6 Å². The van der Waals surface area contributed by atoms with E-state index in [9.17, 15) is 13.2 Å². The van der Waals surface area contributed by atoms with Crippen LogP contribution >= 0.6 is 0 Å². The van der Waals surface area contributed by atoms with Gasteiger partial charge in [0.1, 0.15) is 5.60 Å². The number of carbonyl (C=O) groups excluding carboxylic acids is 1. The van der Waals surface area contributed by atoms with Crippen LogP contribution in [0.1, 0.15) is 70.9 Å². The van der Waals surface area contributed by atoms with Gasteiger partial charge in [-0.15, -0.1) is 0 Å². The predicted octanol–water partition coefficient (Wildman–Crippen LogP) is 2.93. The number of carbonyl (C=O) groups is 1. The van der Waals surface area contributed by atoms with Crippen molar-refractivity contribution in [2.24, 2.45) is 5.92 Å². The van der Waals surface area contributed by atoms with E-state index >= 15 is 0 Å². The Morgan fingerprint density at radius 2 is 1.71 bits per heavy atom. The summed E-state index contributed by atoms with van der Waals surface area (Å²) in [4.78, 5) is 22.9. The van der Waals surface area contributed by atoms with Crippen molar-refractivity contribution in [2.45, 2.75) is 81.9 Å². The van der Waals surface area contributed by atoms with Crippen LogP contribution in [-0.2, 0) is 24.1 Å². The Balaban J connectivity index is 1.37. The molecule has 174 valence electrons. The first-order valence-corrected chi connectivity index (χ1v) is 13.0. The average molecular weight is 454 g/mol. The third-order valence-corrected chi connectivity index (χ3v) is 6.91. The smallest absolute Gasteiger partial charge is 0.309 e. The van der Waals surface area contributed by atoms with Crippen LogP contribution in [-0.4, -0.2) is 67.0 Å². The van der Waals surface area contributed by atoms with Crippen molar-refractivity contribution in [1.82, 2.24) is 14.9 Å². The first-order chi connectivity index (χ1) is 14.5. The topological polar surface area (TPSA) is 98.7 Å². The van der Waals surface area contributed by atoms with Gasteiger partial charge in [-0.1, -0.05) is 0 Å². The van der Waals surface area contributed by atoms with Crippen LogP contribution < -0.4 is 0 Å². The molecule has 0 N–H and O–H groups in total. The molecule has 1 aliphatic heterocycles. The molecule has 2 heterocycles. The number of aromatic nitrogens is 2. The van der Waals surface area contributed by atoms with Crippen molar-refractivity contribution >= 4 is 15.8 Å². The lowest BCUT2D eigenvalue weighted by Crippen LogP contribution is -2.40. The van der Waals surface area contributed by atoms with Crippen LogP contribution in [0.25, 0.3) is 0 Å². The number of rotatable bonds is 6. The quantitative estimate of drug-likeness (QED) is 0.606. The SMILES string of the molecule is CC(C)(C)OC(=O)C1CCN(COC2CCC(c3cnc(S(C)(=O)=O)cn3)CC2)CC1. The Bertz CT molecular complexity index is 835. The second-order valence-electron chi connectivity index (χ2n) is 9.75. The summed E-state index contributed by atoms with van der Waals surface area (Å²) in [5.74, 6) is 0.200. The van der Waals surface area contributed by atoms with Crippen molar-refractivity contribution in [3.05, 3.63) is 18.1 Å². The summed E-state index contributed by atoms with van der Waals surface area (Å²) >= 11 is 0. The Kier molecular flexibility index (Phi) is 7.70. The normalized spacial score (nSPS) is 24.1. The fourth-order valence-electron chi connectivity index (χ4n) is 4.15. The minimum atomic E-state index is -3.32. The van der Waals surface area contributed by atoms with Crippen LogP contribution in [0, 0.1) is 5.92 Å². The lowest BCUT2D eigenvalue weighted by atomic mass is 9.85. The lowest BCUT2D eigenvalue weighted by Gasteiger charge is -2.34. The van der Waals surface area contributed by atoms with E-state index in [1.54, 1.807) is 6.20 Å². The summed E-state index contributed by atoms with van der Waals surface area (Å²) in [7, 11) is -3.32. The Hall–Kier alpha value is -1.58. The molecule has 8 nitrogen and oxygen atoms in total. The molecule has 1 aromatic rings. The number of nitrogens with zero attached hydrogens (tertiary/aromatic N) is 3. The molecule has 1 aromatic heterocycles. The third-order valence-electron chi connectivity index (χ3n) is 5.94. The van der Waals surface area contributed by atoms with Gasteiger partial charge in [-0.2, -0.15) is 0 Å². The molecule has 0 amide bonds. The zero-order chi connectivity index (χ0) is 22.6. The lowest BCUT2D eigenvalue weighted by molar-refractivity contribution is -0.162. The molecule has 1 saturated heterocycles. The number of hydrogen-bond acceptors (Lipinski definition) is 8. The third kappa shape index (κ3) is 7.22. The highest BCUT2D eigenvalue weighted by Gasteiger charge is 2.30. The molecule has 31 heavy (non-hydrogen) atoms. The fraction of sp³-hybridized carbons (Fsp3) is 0.773. The minimum Gasteiger partial charge on any atom is -0.460 e. The molecule has 1 aliphatic carbocycles. The molecule has 2 aliphatic rings. The highest BCUT2D eigenvalue weighted by Crippen LogP contribution is 2.33. The van der Waals surface area contributed by atoms with Crippen molar-refractivity contribution in [3.8, 4) is 0 Å². The summed E-state index contributed by atoms with van der Waals surface area (Å²) in [5, 5.41) is 0.0173. The van der Waals surface area contributed by atoms with Gasteiger partial charge >= 0.3 is 5.97 Å². The number of sulfone groups is 1. The van der Waals surface area contributed by atoms with Gasteiger partial charge in [0.25, 0.3) is 0 Å². The molecule has 3 rings (SSSR count). The highest BCUT2D eigenvalue weighted by molar-refractivity contribution is 7.90. The summed E-state index contributed by atoms with van der Waals surface area (Å²) in [5.41, 5.74) is 0.424. The van der Waals surface area contributed by atoms with Gasteiger partial charge in [0.2, 0.25) is 0 Å². The zero-order valence-corrected chi connectivity index (χ0v) is 19.9. The van der Waals surface area contributed by atoms with E-state index in [1.165, 1.54) is 6.20 Å². The fourth-order valence-corrected chi connectivity index (χ4v) is 4.64. The van der Waals surface area contributed by atoms with Gasteiger partial charge < -0.3 is 9.47 Å². The monoisotopic (exact) mass is 453 g/mol. The van der Waals surface area contributed by atoms with Gasteiger partial charge in [-0.25, -0.2) is 13.4 Å². The van der Waals surface area contributed by atoms with Crippen molar-refractivity contribution < 1.29 is 22.7 Å². The first kappa shape index (κ1) is 24.1. The number of ether oxygens (including phenoxy) is 2. The molecule has 0 atom stereocenters. The molecule has 0 unspecified atom stereocenters. The van der Waals surface area contributed by atoms with E-state index in [2.05, 4.69) is 14.9 Å². The standard InChI is InChI=1S/C22H35N3O5S/c1-22(2,3)30-21(26)17-9-11-25(12-10-17)15-29-18-7-5-16(6-8-18)19-13-24-20(14-23-19)31(4,27)28/h13-14,16-18H,5-12,15H2,1-4H3. The summed E-state index contributed by atoms with van der Waals surface area (Å²) < 4.78 is 34.7. The average Bonchev–Trinajstić information content (AvgIpc) is 2.71. The number of piperidine rings is 1. The van der Waals surface area contributed by atoms with Crippen LogP contribution in [0.4, 0.5) is 0 Å². The van der Waals surface area contributed by atoms with Gasteiger partial charge in [-0.3, -0.25) is 14.7 Å². The van der Waals surface area contributed by atoms with Crippen LogP contribution in [0.5, 0.6) is 0 Å². The summed E-state index contributed by atoms with van der Waals surface area (Å²) in [6.07, 6.45) is 9.76. The first-order valence-electron chi connectivity index (χ1n) is 11.1. The maximum absolute atomic E-state index is 12.2. The number of esters is 1. The Morgan fingerprint density at radius 3 is 2.23 bits per heavy atom. The predicted molar refractivity (Wildman–Crippen MR) is 116 cm³/mol. The maximum Gasteiger partial charge on any atom is 0.309 e. The van der Waals surface area contributed by atoms with Gasteiger partial charge in [0.15, 0.2) is 14.9 Å². The minimum absolute atomic E-state index is 0.0129. The molecule has 0 radical (unpaired) electrons. The molecule has 1 saturated carbocycles. The molecule has 0 spiro atoms. The van der Waals surface area contributed by atoms with E-state index in [-0.39, 0.29) is 23.0 Å². The maximum atomic E-state index is 12.2. The van der Waals surface area contributed by atoms with Gasteiger partial charge in [0, 0.05) is 25.3 Å². The Morgan fingerprint density at radius 1 is 1.06 bits per heavy atom. The van der Waals surface area contributed by atoms with Crippen LogP contribution in [0.2, 0.25) is 0 Å². The van der Waals surface area contributed by atoms with E-state index in [1.807, 2.05) is 20.8 Å². The molecule has 0 aromatic carbocycles. The second-order valence-corrected chi connectivity index (χ2v) is 11.7. The molecular weight excluding hydrogens is 418 g/mol. The van der Waals surface area contributed by atoms with Gasteiger partial charge in [-0.05, 0) is 59.3 Å². The highest BCUT2D eigenvalue weighted by atomic mass is 32.2. The van der Waals surface area contributed by atoms with Crippen LogP contribution in [0.3, 0.4) is 0 Å². The summed E-state index contributed by atoms with van der Waals surface area (Å²) in [6, 6.07) is 0. The molecule has 2 fully saturated rings. The number of likely N-dealkylation sites (tertiary alicyclic amines) is 1. The molecule has 9 heteroatoms. The largest absolute Gasteiger partial charge is 0.460 e. The summed E-state index contributed by atoms with van der Waals surface area (Å²) in [6.45, 7) is 8.00.